The Hall–Kier alpha value is -2.54. The highest BCUT2D eigenvalue weighted by Crippen LogP contribution is 2.25. The standard InChI is InChI=1S/C20H26N2O4S/c1-6-18(15-10-12-16(26-4)13-11-15)21-20(23)17-8-7-9-19(14(17)2)22(3)27(5,24)25/h7-13,18H,6H2,1-5H3,(H,21,23)/t18-/m1/s1. The molecule has 6 nitrogen and oxygen atoms in total. The van der Waals surface area contributed by atoms with Gasteiger partial charge >= 0.3 is 0 Å². The Bertz CT molecular complexity index is 908. The summed E-state index contributed by atoms with van der Waals surface area (Å²) < 4.78 is 30.0. The van der Waals surface area contributed by atoms with Crippen LogP contribution in [-0.4, -0.2) is 34.7 Å². The molecule has 0 aliphatic heterocycles. The molecule has 1 amide bonds. The van der Waals surface area contributed by atoms with Crippen molar-refractivity contribution in [3.63, 3.8) is 0 Å². The van der Waals surface area contributed by atoms with E-state index in [4.69, 9.17) is 4.74 Å². The van der Waals surface area contributed by atoms with Gasteiger partial charge in [0.1, 0.15) is 5.75 Å². The minimum Gasteiger partial charge on any atom is -0.497 e. The first-order valence-electron chi connectivity index (χ1n) is 8.67. The van der Waals surface area contributed by atoms with Gasteiger partial charge in [-0.15, -0.1) is 0 Å². The molecule has 0 aromatic heterocycles. The molecule has 1 N–H and O–H groups in total. The van der Waals surface area contributed by atoms with Crippen LogP contribution in [0.2, 0.25) is 0 Å². The largest absolute Gasteiger partial charge is 0.497 e. The summed E-state index contributed by atoms with van der Waals surface area (Å²) in [4.78, 5) is 12.9. The molecule has 0 radical (unpaired) electrons. The van der Waals surface area contributed by atoms with E-state index in [-0.39, 0.29) is 11.9 Å². The third-order valence-corrected chi connectivity index (χ3v) is 5.81. The zero-order valence-electron chi connectivity index (χ0n) is 16.3. The Morgan fingerprint density at radius 3 is 2.33 bits per heavy atom. The van der Waals surface area contributed by atoms with E-state index in [1.54, 1.807) is 32.2 Å². The van der Waals surface area contributed by atoms with Crippen molar-refractivity contribution in [1.82, 2.24) is 5.32 Å². The summed E-state index contributed by atoms with van der Waals surface area (Å²) in [7, 11) is -0.322. The van der Waals surface area contributed by atoms with Crippen molar-refractivity contribution < 1.29 is 17.9 Å². The predicted molar refractivity (Wildman–Crippen MR) is 108 cm³/mol. The van der Waals surface area contributed by atoms with Gasteiger partial charge in [0.15, 0.2) is 0 Å². The monoisotopic (exact) mass is 390 g/mol. The van der Waals surface area contributed by atoms with Crippen LogP contribution in [0.25, 0.3) is 0 Å². The lowest BCUT2D eigenvalue weighted by Crippen LogP contribution is -2.30. The summed E-state index contributed by atoms with van der Waals surface area (Å²) in [5.41, 5.74) is 2.54. The molecule has 0 bridgehead atoms. The fraction of sp³-hybridized carbons (Fsp3) is 0.350. The van der Waals surface area contributed by atoms with Gasteiger partial charge in [-0.05, 0) is 48.7 Å². The summed E-state index contributed by atoms with van der Waals surface area (Å²) >= 11 is 0. The second-order valence-corrected chi connectivity index (χ2v) is 8.40. The summed E-state index contributed by atoms with van der Waals surface area (Å²) in [5, 5.41) is 3.03. The number of carbonyl (C=O) groups is 1. The van der Waals surface area contributed by atoms with E-state index < -0.39 is 10.0 Å². The van der Waals surface area contributed by atoms with Gasteiger partial charge in [-0.3, -0.25) is 9.10 Å². The maximum absolute atomic E-state index is 12.9. The topological polar surface area (TPSA) is 75.7 Å². The van der Waals surface area contributed by atoms with Crippen molar-refractivity contribution in [2.24, 2.45) is 0 Å². The van der Waals surface area contributed by atoms with E-state index in [2.05, 4.69) is 5.32 Å². The van der Waals surface area contributed by atoms with Crippen molar-refractivity contribution in [2.45, 2.75) is 26.3 Å². The minimum atomic E-state index is -3.41. The number of anilines is 1. The lowest BCUT2D eigenvalue weighted by atomic mass is 10.0. The first kappa shape index (κ1) is 20.8. The summed E-state index contributed by atoms with van der Waals surface area (Å²) in [5.74, 6) is 0.520. The van der Waals surface area contributed by atoms with Crippen LogP contribution in [0.4, 0.5) is 5.69 Å². The van der Waals surface area contributed by atoms with Crippen LogP contribution in [-0.2, 0) is 10.0 Å². The van der Waals surface area contributed by atoms with Crippen molar-refractivity contribution in [2.75, 3.05) is 24.7 Å². The lowest BCUT2D eigenvalue weighted by molar-refractivity contribution is 0.0935. The molecule has 0 saturated heterocycles. The highest BCUT2D eigenvalue weighted by Gasteiger charge is 2.20. The van der Waals surface area contributed by atoms with E-state index in [1.807, 2.05) is 31.2 Å². The van der Waals surface area contributed by atoms with Gasteiger partial charge in [-0.2, -0.15) is 0 Å². The van der Waals surface area contributed by atoms with Crippen LogP contribution in [0.5, 0.6) is 5.75 Å². The molecule has 27 heavy (non-hydrogen) atoms. The average Bonchev–Trinajstić information content (AvgIpc) is 2.65. The molecule has 2 aromatic carbocycles. The SMILES string of the molecule is CC[C@@H](NC(=O)c1cccc(N(C)S(C)(=O)=O)c1C)c1ccc(OC)cc1. The Morgan fingerprint density at radius 1 is 1.19 bits per heavy atom. The van der Waals surface area contributed by atoms with Crippen molar-refractivity contribution in [1.29, 1.82) is 0 Å². The van der Waals surface area contributed by atoms with Crippen molar-refractivity contribution >= 4 is 21.6 Å². The molecular formula is C20H26N2O4S. The number of ether oxygens (including phenoxy) is 1. The molecule has 2 rings (SSSR count). The third kappa shape index (κ3) is 4.80. The van der Waals surface area contributed by atoms with Crippen molar-refractivity contribution in [3.8, 4) is 5.75 Å². The number of methoxy groups -OCH3 is 1. The van der Waals surface area contributed by atoms with Gasteiger partial charge in [-0.1, -0.05) is 25.1 Å². The van der Waals surface area contributed by atoms with Crippen LogP contribution in [0, 0.1) is 6.92 Å². The van der Waals surface area contributed by atoms with E-state index in [1.165, 1.54) is 11.4 Å². The van der Waals surface area contributed by atoms with Gasteiger partial charge in [0.05, 0.1) is 25.1 Å². The normalized spacial score (nSPS) is 12.3. The second kappa shape index (κ2) is 8.43. The van der Waals surface area contributed by atoms with Gasteiger partial charge in [0.2, 0.25) is 10.0 Å². The predicted octanol–water partition coefficient (Wildman–Crippen LogP) is 3.28. The van der Waals surface area contributed by atoms with Gasteiger partial charge in [0, 0.05) is 12.6 Å². The minimum absolute atomic E-state index is 0.154. The Labute approximate surface area is 161 Å². The molecule has 0 aliphatic rings. The molecule has 0 spiro atoms. The highest BCUT2D eigenvalue weighted by molar-refractivity contribution is 7.92. The number of hydrogen-bond acceptors (Lipinski definition) is 4. The van der Waals surface area contributed by atoms with Crippen LogP contribution in [0.1, 0.15) is 40.9 Å². The van der Waals surface area contributed by atoms with Crippen LogP contribution >= 0.6 is 0 Å². The van der Waals surface area contributed by atoms with E-state index in [0.717, 1.165) is 24.0 Å². The average molecular weight is 391 g/mol. The molecule has 7 heteroatoms. The van der Waals surface area contributed by atoms with E-state index in [9.17, 15) is 13.2 Å². The van der Waals surface area contributed by atoms with E-state index in [0.29, 0.717) is 16.8 Å². The molecule has 0 saturated carbocycles. The second-order valence-electron chi connectivity index (χ2n) is 6.39. The molecule has 0 aliphatic carbocycles. The smallest absolute Gasteiger partial charge is 0.252 e. The van der Waals surface area contributed by atoms with Gasteiger partial charge < -0.3 is 10.1 Å². The number of nitrogens with one attached hydrogen (secondary N) is 1. The summed E-state index contributed by atoms with van der Waals surface area (Å²) in [6.45, 7) is 3.75. The summed E-state index contributed by atoms with van der Waals surface area (Å²) in [6.07, 6.45) is 1.86. The Balaban J connectivity index is 2.28. The highest BCUT2D eigenvalue weighted by atomic mass is 32.2. The number of nitrogens with zero attached hydrogens (tertiary/aromatic N) is 1. The van der Waals surface area contributed by atoms with Crippen molar-refractivity contribution in [3.05, 3.63) is 59.2 Å². The maximum Gasteiger partial charge on any atom is 0.252 e. The molecule has 0 heterocycles. The number of carbonyl (C=O) groups excluding carboxylic acids is 1. The molecule has 2 aromatic rings. The fourth-order valence-electron chi connectivity index (χ4n) is 2.88. The fourth-order valence-corrected chi connectivity index (χ4v) is 3.44. The van der Waals surface area contributed by atoms with Gasteiger partial charge in [0.25, 0.3) is 5.91 Å². The van der Waals surface area contributed by atoms with Gasteiger partial charge in [-0.25, -0.2) is 8.42 Å². The number of amides is 1. The first-order chi connectivity index (χ1) is 12.7. The molecule has 0 unspecified atom stereocenters. The third-order valence-electron chi connectivity index (χ3n) is 4.62. The van der Waals surface area contributed by atoms with Crippen LogP contribution < -0.4 is 14.4 Å². The first-order valence-corrected chi connectivity index (χ1v) is 10.5. The Kier molecular flexibility index (Phi) is 6.49. The zero-order valence-corrected chi connectivity index (χ0v) is 17.1. The number of sulfonamides is 1. The molecule has 1 atom stereocenters. The van der Waals surface area contributed by atoms with Crippen LogP contribution in [0.3, 0.4) is 0 Å². The molecular weight excluding hydrogens is 364 g/mol. The zero-order chi connectivity index (χ0) is 20.2. The number of rotatable bonds is 7. The quantitative estimate of drug-likeness (QED) is 0.787. The number of benzene rings is 2. The Morgan fingerprint density at radius 2 is 1.81 bits per heavy atom. The molecule has 146 valence electrons. The maximum atomic E-state index is 12.9. The van der Waals surface area contributed by atoms with E-state index >= 15 is 0 Å². The lowest BCUT2D eigenvalue weighted by Gasteiger charge is -2.22. The van der Waals surface area contributed by atoms with Crippen LogP contribution in [0.15, 0.2) is 42.5 Å². The number of hydrogen-bond donors (Lipinski definition) is 1. The summed E-state index contributed by atoms with van der Waals surface area (Å²) in [6, 6.07) is 12.5. The molecule has 0 fully saturated rings.